The van der Waals surface area contributed by atoms with Crippen molar-refractivity contribution >= 4 is 10.4 Å². The van der Waals surface area contributed by atoms with Crippen LogP contribution in [0.15, 0.2) is 18.5 Å². The Labute approximate surface area is 56.9 Å². The average molecular weight is 164 g/mol. The molecular formula is C3H4N2O4S. The minimum absolute atomic E-state index is 0.620. The first-order chi connectivity index (χ1) is 4.58. The number of hydrogen-bond donors (Lipinski definition) is 1. The molecule has 0 saturated carbocycles. The third kappa shape index (κ3) is 2.03. The number of nitrogens with zero attached hydrogens (tertiary/aromatic N) is 2. The zero-order valence-corrected chi connectivity index (χ0v) is 5.52. The minimum atomic E-state index is -4.45. The average Bonchev–Trinajstić information content (AvgIpc) is 2.12. The lowest BCUT2D eigenvalue weighted by Gasteiger charge is -1.96. The Bertz CT molecular complexity index is 288. The minimum Gasteiger partial charge on any atom is -0.253 e. The lowest BCUT2D eigenvalue weighted by molar-refractivity contribution is 0.208. The zero-order valence-electron chi connectivity index (χ0n) is 4.71. The summed E-state index contributed by atoms with van der Waals surface area (Å²) in [5, 5.41) is 3.36. The van der Waals surface area contributed by atoms with Crippen LogP contribution in [0.1, 0.15) is 0 Å². The molecule has 0 bridgehead atoms. The van der Waals surface area contributed by atoms with Gasteiger partial charge in [-0.05, 0) is 6.07 Å². The molecule has 0 unspecified atom stereocenters. The molecule has 10 heavy (non-hydrogen) atoms. The second kappa shape index (κ2) is 2.27. The Hall–Kier alpha value is -1.08. The van der Waals surface area contributed by atoms with Crippen molar-refractivity contribution in [1.82, 2.24) is 9.94 Å². The van der Waals surface area contributed by atoms with Gasteiger partial charge in [-0.15, -0.1) is 5.10 Å². The van der Waals surface area contributed by atoms with Crippen molar-refractivity contribution < 1.29 is 17.3 Å². The lowest BCUT2D eigenvalue weighted by Crippen LogP contribution is -2.19. The summed E-state index contributed by atoms with van der Waals surface area (Å²) < 4.78 is 31.9. The fraction of sp³-hybridized carbons (Fsp3) is 0. The van der Waals surface area contributed by atoms with Crippen molar-refractivity contribution in [2.75, 3.05) is 0 Å². The number of aromatic nitrogens is 2. The summed E-state index contributed by atoms with van der Waals surface area (Å²) in [5.74, 6) is 0. The molecule has 1 aromatic heterocycles. The SMILES string of the molecule is O=S(=O)(O)On1cccn1. The maximum Gasteiger partial charge on any atom is 0.466 e. The van der Waals surface area contributed by atoms with Crippen LogP contribution >= 0.6 is 0 Å². The molecule has 0 radical (unpaired) electrons. The van der Waals surface area contributed by atoms with E-state index in [9.17, 15) is 8.42 Å². The molecule has 0 amide bonds. The van der Waals surface area contributed by atoms with Gasteiger partial charge in [-0.2, -0.15) is 8.42 Å². The molecule has 7 heteroatoms. The van der Waals surface area contributed by atoms with E-state index in [0.717, 1.165) is 0 Å². The highest BCUT2D eigenvalue weighted by Crippen LogP contribution is 1.82. The van der Waals surface area contributed by atoms with Crippen molar-refractivity contribution in [3.8, 4) is 0 Å². The first-order valence-electron chi connectivity index (χ1n) is 2.25. The van der Waals surface area contributed by atoms with Crippen LogP contribution < -0.4 is 4.28 Å². The van der Waals surface area contributed by atoms with E-state index in [-0.39, 0.29) is 0 Å². The van der Waals surface area contributed by atoms with Gasteiger partial charge in [0.15, 0.2) is 0 Å². The Kier molecular flexibility index (Phi) is 1.60. The quantitative estimate of drug-likeness (QED) is 0.573. The van der Waals surface area contributed by atoms with Gasteiger partial charge >= 0.3 is 10.4 Å². The monoisotopic (exact) mass is 164 g/mol. The van der Waals surface area contributed by atoms with Crippen LogP contribution in [0.4, 0.5) is 0 Å². The van der Waals surface area contributed by atoms with E-state index in [4.69, 9.17) is 4.55 Å². The summed E-state index contributed by atoms with van der Waals surface area (Å²) in [4.78, 5) is 0.620. The van der Waals surface area contributed by atoms with Crippen LogP contribution in [-0.4, -0.2) is 22.9 Å². The molecular weight excluding hydrogens is 160 g/mol. The van der Waals surface area contributed by atoms with E-state index in [1.54, 1.807) is 0 Å². The highest BCUT2D eigenvalue weighted by molar-refractivity contribution is 7.81. The molecule has 0 saturated heterocycles. The molecule has 0 aliphatic carbocycles. The first-order valence-corrected chi connectivity index (χ1v) is 3.61. The van der Waals surface area contributed by atoms with Crippen molar-refractivity contribution in [2.24, 2.45) is 0 Å². The second-order valence-electron chi connectivity index (χ2n) is 1.41. The number of rotatable bonds is 2. The highest BCUT2D eigenvalue weighted by Gasteiger charge is 2.04. The van der Waals surface area contributed by atoms with E-state index in [1.165, 1.54) is 18.5 Å². The Morgan fingerprint density at radius 2 is 2.30 bits per heavy atom. The molecule has 0 atom stereocenters. The van der Waals surface area contributed by atoms with Crippen LogP contribution in [0.25, 0.3) is 0 Å². The van der Waals surface area contributed by atoms with Gasteiger partial charge in [-0.3, -0.25) is 4.55 Å². The maximum atomic E-state index is 9.97. The topological polar surface area (TPSA) is 81.4 Å². The maximum absolute atomic E-state index is 9.97. The molecule has 0 aliphatic heterocycles. The third-order valence-corrected chi connectivity index (χ3v) is 0.992. The summed E-state index contributed by atoms with van der Waals surface area (Å²) in [7, 11) is -4.45. The molecule has 0 fully saturated rings. The molecule has 0 spiro atoms. The van der Waals surface area contributed by atoms with E-state index < -0.39 is 10.4 Å². The smallest absolute Gasteiger partial charge is 0.253 e. The summed E-state index contributed by atoms with van der Waals surface area (Å²) in [5.41, 5.74) is 0. The Morgan fingerprint density at radius 3 is 2.70 bits per heavy atom. The summed E-state index contributed by atoms with van der Waals surface area (Å²) in [6.07, 6.45) is 2.54. The van der Waals surface area contributed by atoms with Gasteiger partial charge < -0.3 is 0 Å². The second-order valence-corrected chi connectivity index (χ2v) is 2.42. The van der Waals surface area contributed by atoms with Crippen LogP contribution in [0, 0.1) is 0 Å². The van der Waals surface area contributed by atoms with E-state index in [2.05, 4.69) is 9.38 Å². The Balaban J connectivity index is 2.75. The van der Waals surface area contributed by atoms with Crippen molar-refractivity contribution in [3.63, 3.8) is 0 Å². The van der Waals surface area contributed by atoms with Crippen LogP contribution in [-0.2, 0) is 10.4 Å². The van der Waals surface area contributed by atoms with Crippen molar-refractivity contribution in [2.45, 2.75) is 0 Å². The van der Waals surface area contributed by atoms with Crippen LogP contribution in [0.5, 0.6) is 0 Å². The summed E-state index contributed by atoms with van der Waals surface area (Å²) in [6.45, 7) is 0. The van der Waals surface area contributed by atoms with Gasteiger partial charge in [0.25, 0.3) is 0 Å². The molecule has 1 rings (SSSR count). The standard InChI is InChI=1S/C3H4N2O4S/c6-10(7,8)9-5-3-1-2-4-5/h1-3H,(H,6,7,8). The van der Waals surface area contributed by atoms with E-state index >= 15 is 0 Å². The molecule has 56 valence electrons. The molecule has 0 aromatic carbocycles. The van der Waals surface area contributed by atoms with Crippen LogP contribution in [0.2, 0.25) is 0 Å². The van der Waals surface area contributed by atoms with Crippen molar-refractivity contribution in [3.05, 3.63) is 18.5 Å². The molecule has 0 aliphatic rings. The Morgan fingerprint density at radius 1 is 1.60 bits per heavy atom. The van der Waals surface area contributed by atoms with Gasteiger partial charge in [0.1, 0.15) is 0 Å². The normalized spacial score (nSPS) is 11.3. The third-order valence-electron chi connectivity index (χ3n) is 0.651. The van der Waals surface area contributed by atoms with Gasteiger partial charge in [-0.25, -0.2) is 4.28 Å². The van der Waals surface area contributed by atoms with Gasteiger partial charge in [0.05, 0.1) is 12.4 Å². The summed E-state index contributed by atoms with van der Waals surface area (Å²) >= 11 is 0. The largest absolute Gasteiger partial charge is 0.466 e. The van der Waals surface area contributed by atoms with Gasteiger partial charge in [0, 0.05) is 0 Å². The molecule has 1 heterocycles. The predicted molar refractivity (Wildman–Crippen MR) is 30.4 cm³/mol. The molecule has 1 N–H and O–H groups in total. The first kappa shape index (κ1) is 7.03. The molecule has 6 nitrogen and oxygen atoms in total. The lowest BCUT2D eigenvalue weighted by atomic mass is 10.8. The fourth-order valence-electron chi connectivity index (χ4n) is 0.395. The summed E-state index contributed by atoms with van der Waals surface area (Å²) in [6, 6.07) is 1.45. The highest BCUT2D eigenvalue weighted by atomic mass is 32.3. The van der Waals surface area contributed by atoms with Crippen molar-refractivity contribution in [1.29, 1.82) is 0 Å². The van der Waals surface area contributed by atoms with Gasteiger partial charge in [0.2, 0.25) is 0 Å². The zero-order chi connectivity index (χ0) is 7.61. The fourth-order valence-corrected chi connectivity index (χ4v) is 0.677. The van der Waals surface area contributed by atoms with Crippen LogP contribution in [0.3, 0.4) is 0 Å². The number of hydrogen-bond acceptors (Lipinski definition) is 4. The molecule has 1 aromatic rings. The van der Waals surface area contributed by atoms with Gasteiger partial charge in [-0.1, -0.05) is 4.85 Å². The van der Waals surface area contributed by atoms with E-state index in [0.29, 0.717) is 4.85 Å². The van der Waals surface area contributed by atoms with E-state index in [1.807, 2.05) is 0 Å². The predicted octanol–water partition coefficient (Wildman–Crippen LogP) is -0.886.